The molecule has 2 rings (SSSR count). The third kappa shape index (κ3) is 7.39. The van der Waals surface area contributed by atoms with Crippen molar-refractivity contribution in [3.63, 3.8) is 0 Å². The van der Waals surface area contributed by atoms with Crippen LogP contribution in [-0.4, -0.2) is 67.2 Å². The number of halogens is 3. The van der Waals surface area contributed by atoms with Crippen molar-refractivity contribution >= 4 is 12.0 Å². The maximum atomic E-state index is 13.2. The van der Waals surface area contributed by atoms with E-state index in [9.17, 15) is 22.8 Å². The summed E-state index contributed by atoms with van der Waals surface area (Å²) in [6, 6.07) is 4.62. The molecule has 0 aromatic heterocycles. The summed E-state index contributed by atoms with van der Waals surface area (Å²) in [6.45, 7) is 5.49. The van der Waals surface area contributed by atoms with E-state index in [1.165, 1.54) is 12.1 Å². The monoisotopic (exact) mass is 457 g/mol. The van der Waals surface area contributed by atoms with Crippen molar-refractivity contribution in [2.75, 3.05) is 27.7 Å². The molecule has 1 aliphatic carbocycles. The highest BCUT2D eigenvalue weighted by atomic mass is 19.4. The van der Waals surface area contributed by atoms with Gasteiger partial charge in [0, 0.05) is 7.05 Å². The zero-order valence-corrected chi connectivity index (χ0v) is 19.6. The van der Waals surface area contributed by atoms with E-state index in [1.54, 1.807) is 57.8 Å². The van der Waals surface area contributed by atoms with Crippen LogP contribution in [-0.2, 0) is 15.7 Å². The summed E-state index contributed by atoms with van der Waals surface area (Å²) < 4.78 is 44.9. The fraction of sp³-hybridized carbons (Fsp3) is 0.652. The lowest BCUT2D eigenvalue weighted by Gasteiger charge is -2.42. The molecular weight excluding hydrogens is 423 g/mol. The van der Waals surface area contributed by atoms with E-state index >= 15 is 0 Å². The Kier molecular flexibility index (Phi) is 8.20. The molecule has 6 nitrogen and oxygen atoms in total. The number of nitrogens with one attached hydrogen (secondary N) is 1. The molecule has 0 bridgehead atoms. The Hall–Kier alpha value is -2.29. The van der Waals surface area contributed by atoms with Crippen molar-refractivity contribution in [2.45, 2.75) is 69.8 Å². The summed E-state index contributed by atoms with van der Waals surface area (Å²) in [5.74, 6) is -0.283. The van der Waals surface area contributed by atoms with Gasteiger partial charge in [-0.3, -0.25) is 4.79 Å². The smallest absolute Gasteiger partial charge is 0.416 e. The maximum Gasteiger partial charge on any atom is 0.416 e. The minimum atomic E-state index is -4.41. The second kappa shape index (κ2) is 10.1. The van der Waals surface area contributed by atoms with E-state index in [0.29, 0.717) is 24.8 Å². The normalized spacial score (nSPS) is 21.9. The number of likely N-dealkylation sites (N-methyl/N-ethyl adjacent to an activating group) is 2. The van der Waals surface area contributed by atoms with Gasteiger partial charge in [0.1, 0.15) is 5.60 Å². The van der Waals surface area contributed by atoms with Crippen molar-refractivity contribution in [1.82, 2.24) is 15.1 Å². The average Bonchev–Trinajstić information content (AvgIpc) is 2.65. The SMILES string of the molecule is CN(C)CC(=O)N(C)[C@H]1C[C@@H](c2cccc(C(F)(F)F)c2)CC[C@@H]1NC(=O)OC(C)(C)C. The number of rotatable bonds is 5. The van der Waals surface area contributed by atoms with E-state index in [0.717, 1.165) is 6.07 Å². The standard InChI is InChI=1S/C23H34F3N3O3/c1-22(2,3)32-21(31)27-18-11-10-16(13-19(18)29(6)20(30)14-28(4)5)15-8-7-9-17(12-15)23(24,25)26/h7-9,12,16,18-19H,10-11,13-14H2,1-6H3,(H,27,31)/t16-,18-,19-/m0/s1. The highest BCUT2D eigenvalue weighted by molar-refractivity contribution is 5.78. The Bertz CT molecular complexity index is 806. The van der Waals surface area contributed by atoms with Crippen molar-refractivity contribution in [2.24, 2.45) is 0 Å². The third-order valence-corrected chi connectivity index (χ3v) is 5.55. The number of hydrogen-bond acceptors (Lipinski definition) is 4. The van der Waals surface area contributed by atoms with Crippen LogP contribution in [0.25, 0.3) is 0 Å². The molecule has 3 atom stereocenters. The first-order valence-electron chi connectivity index (χ1n) is 10.7. The number of alkyl halides is 3. The van der Waals surface area contributed by atoms with Crippen LogP contribution in [0.5, 0.6) is 0 Å². The molecule has 0 saturated heterocycles. The molecule has 1 saturated carbocycles. The number of carbonyl (C=O) groups excluding carboxylic acids is 2. The number of benzene rings is 1. The van der Waals surface area contributed by atoms with Gasteiger partial charge < -0.3 is 19.9 Å². The number of hydrogen-bond donors (Lipinski definition) is 1. The molecule has 0 radical (unpaired) electrons. The van der Waals surface area contributed by atoms with E-state index in [2.05, 4.69) is 5.32 Å². The number of alkyl carbamates (subject to hydrolysis) is 1. The van der Waals surface area contributed by atoms with Crippen LogP contribution in [0.2, 0.25) is 0 Å². The van der Waals surface area contributed by atoms with Gasteiger partial charge in [-0.25, -0.2) is 4.79 Å². The highest BCUT2D eigenvalue weighted by Crippen LogP contribution is 2.38. The first kappa shape index (κ1) is 26.0. The lowest BCUT2D eigenvalue weighted by Crippen LogP contribution is -2.56. The van der Waals surface area contributed by atoms with Gasteiger partial charge in [0.25, 0.3) is 0 Å². The molecule has 180 valence electrons. The van der Waals surface area contributed by atoms with Gasteiger partial charge in [-0.2, -0.15) is 13.2 Å². The summed E-state index contributed by atoms with van der Waals surface area (Å²) in [4.78, 5) is 28.5. The number of carbonyl (C=O) groups is 2. The van der Waals surface area contributed by atoms with Crippen LogP contribution < -0.4 is 5.32 Å². The van der Waals surface area contributed by atoms with Crippen LogP contribution in [0.15, 0.2) is 24.3 Å². The maximum absolute atomic E-state index is 13.2. The van der Waals surface area contributed by atoms with Crippen LogP contribution >= 0.6 is 0 Å². The largest absolute Gasteiger partial charge is 0.444 e. The zero-order chi connectivity index (χ0) is 24.3. The van der Waals surface area contributed by atoms with Crippen molar-refractivity contribution in [3.8, 4) is 0 Å². The number of ether oxygens (including phenoxy) is 1. The minimum Gasteiger partial charge on any atom is -0.444 e. The summed E-state index contributed by atoms with van der Waals surface area (Å²) >= 11 is 0. The molecule has 1 aliphatic rings. The van der Waals surface area contributed by atoms with Gasteiger partial charge >= 0.3 is 12.3 Å². The quantitative estimate of drug-likeness (QED) is 0.718. The summed E-state index contributed by atoms with van der Waals surface area (Å²) in [7, 11) is 5.25. The molecule has 2 amide bonds. The molecule has 32 heavy (non-hydrogen) atoms. The zero-order valence-electron chi connectivity index (χ0n) is 19.6. The number of nitrogens with zero attached hydrogens (tertiary/aromatic N) is 2. The van der Waals surface area contributed by atoms with Crippen molar-refractivity contribution in [3.05, 3.63) is 35.4 Å². The summed E-state index contributed by atoms with van der Waals surface area (Å²) in [5, 5.41) is 2.87. The lowest BCUT2D eigenvalue weighted by molar-refractivity contribution is -0.137. The minimum absolute atomic E-state index is 0.124. The molecule has 1 aromatic rings. The van der Waals surface area contributed by atoms with E-state index in [4.69, 9.17) is 4.74 Å². The molecule has 1 fully saturated rings. The molecule has 1 N–H and O–H groups in total. The van der Waals surface area contributed by atoms with Gasteiger partial charge in [0.05, 0.1) is 24.2 Å². The molecule has 9 heteroatoms. The molecule has 0 unspecified atom stereocenters. The van der Waals surface area contributed by atoms with Crippen LogP contribution in [0.1, 0.15) is 57.1 Å². The summed E-state index contributed by atoms with van der Waals surface area (Å²) in [6.07, 6.45) is -3.43. The Morgan fingerprint density at radius 2 is 1.78 bits per heavy atom. The van der Waals surface area contributed by atoms with E-state index in [1.807, 2.05) is 0 Å². The van der Waals surface area contributed by atoms with Gasteiger partial charge in [-0.05, 0) is 71.7 Å². The van der Waals surface area contributed by atoms with E-state index in [-0.39, 0.29) is 30.5 Å². The van der Waals surface area contributed by atoms with Gasteiger partial charge in [-0.15, -0.1) is 0 Å². The Balaban J connectivity index is 2.25. The highest BCUT2D eigenvalue weighted by Gasteiger charge is 2.38. The third-order valence-electron chi connectivity index (χ3n) is 5.55. The Morgan fingerprint density at radius 3 is 2.34 bits per heavy atom. The molecule has 0 spiro atoms. The lowest BCUT2D eigenvalue weighted by atomic mass is 9.77. The second-order valence-corrected chi connectivity index (χ2v) is 9.70. The fourth-order valence-electron chi connectivity index (χ4n) is 4.04. The molecule has 0 heterocycles. The van der Waals surface area contributed by atoms with E-state index < -0.39 is 23.4 Å². The van der Waals surface area contributed by atoms with Crippen molar-refractivity contribution < 1.29 is 27.5 Å². The fourth-order valence-corrected chi connectivity index (χ4v) is 4.04. The molecular formula is C23H34F3N3O3. The van der Waals surface area contributed by atoms with Gasteiger partial charge in [0.2, 0.25) is 5.91 Å². The first-order chi connectivity index (χ1) is 14.7. The first-order valence-corrected chi connectivity index (χ1v) is 10.7. The second-order valence-electron chi connectivity index (χ2n) is 9.70. The average molecular weight is 458 g/mol. The molecule has 0 aliphatic heterocycles. The van der Waals surface area contributed by atoms with Crippen LogP contribution in [0.4, 0.5) is 18.0 Å². The summed E-state index contributed by atoms with van der Waals surface area (Å²) in [5.41, 5.74) is -0.756. The topological polar surface area (TPSA) is 61.9 Å². The van der Waals surface area contributed by atoms with Crippen LogP contribution in [0.3, 0.4) is 0 Å². The number of amides is 2. The van der Waals surface area contributed by atoms with Crippen molar-refractivity contribution in [1.29, 1.82) is 0 Å². The predicted molar refractivity (Wildman–Crippen MR) is 116 cm³/mol. The molecule has 1 aromatic carbocycles. The Morgan fingerprint density at radius 1 is 1.12 bits per heavy atom. The van der Waals surface area contributed by atoms with Crippen LogP contribution in [0, 0.1) is 0 Å². The predicted octanol–water partition coefficient (Wildman–Crippen LogP) is 4.25. The van der Waals surface area contributed by atoms with Gasteiger partial charge in [0.15, 0.2) is 0 Å². The Labute approximate surface area is 188 Å². The van der Waals surface area contributed by atoms with Gasteiger partial charge in [-0.1, -0.05) is 18.2 Å².